The highest BCUT2D eigenvalue weighted by Crippen LogP contribution is 2.29. The van der Waals surface area contributed by atoms with E-state index in [1.54, 1.807) is 29.8 Å². The Morgan fingerprint density at radius 1 is 1.26 bits per heavy atom. The van der Waals surface area contributed by atoms with Crippen molar-refractivity contribution in [3.8, 4) is 6.07 Å². The molecule has 1 N–H and O–H groups in total. The van der Waals surface area contributed by atoms with Crippen LogP contribution < -0.4 is 0 Å². The van der Waals surface area contributed by atoms with E-state index in [4.69, 9.17) is 5.26 Å². The van der Waals surface area contributed by atoms with Crippen molar-refractivity contribution in [2.24, 2.45) is 0 Å². The number of nitrogens with zero attached hydrogens (tertiary/aromatic N) is 2. The lowest BCUT2D eigenvalue weighted by Gasteiger charge is -2.16. The number of H-pyrrole nitrogens is 1. The van der Waals surface area contributed by atoms with Gasteiger partial charge in [-0.15, -0.1) is 11.8 Å². The number of aromatic amines is 1. The van der Waals surface area contributed by atoms with Gasteiger partial charge in [0.05, 0.1) is 17.5 Å². The van der Waals surface area contributed by atoms with E-state index in [1.807, 2.05) is 48.7 Å². The number of aromatic nitrogens is 1. The summed E-state index contributed by atoms with van der Waals surface area (Å²) >= 11 is 1.59. The zero-order chi connectivity index (χ0) is 16.2. The van der Waals surface area contributed by atoms with E-state index in [0.717, 1.165) is 15.8 Å². The molecule has 4 nitrogen and oxygen atoms in total. The zero-order valence-corrected chi connectivity index (χ0v) is 13.4. The van der Waals surface area contributed by atoms with Crippen LogP contribution in [0.2, 0.25) is 0 Å². The van der Waals surface area contributed by atoms with Crippen LogP contribution in [0.5, 0.6) is 0 Å². The summed E-state index contributed by atoms with van der Waals surface area (Å²) in [4.78, 5) is 18.3. The normalized spacial score (nSPS) is 10.4. The van der Waals surface area contributed by atoms with Gasteiger partial charge < -0.3 is 9.88 Å². The summed E-state index contributed by atoms with van der Waals surface area (Å²) in [5, 5.41) is 10.0. The Kier molecular flexibility index (Phi) is 4.35. The Hall–Kier alpha value is -2.71. The molecule has 0 radical (unpaired) electrons. The standard InChI is InChI=1S/C18H15N3OS/c1-21(18(22)14-5-3-2-4-6-14)12-23-17-11-20-16-9-13(10-19)7-8-15(16)17/h2-9,11,20H,12H2,1H3. The van der Waals surface area contributed by atoms with Gasteiger partial charge in [-0.05, 0) is 24.3 Å². The summed E-state index contributed by atoms with van der Waals surface area (Å²) in [7, 11) is 1.80. The third-order valence-electron chi connectivity index (χ3n) is 3.55. The Bertz CT molecular complexity index is 880. The van der Waals surface area contributed by atoms with Crippen LogP contribution in [-0.4, -0.2) is 28.7 Å². The average Bonchev–Trinajstić information content (AvgIpc) is 3.01. The number of carbonyl (C=O) groups excluding carboxylic acids is 1. The molecule has 0 unspecified atom stereocenters. The monoisotopic (exact) mass is 321 g/mol. The minimum absolute atomic E-state index is 0.00436. The highest BCUT2D eigenvalue weighted by molar-refractivity contribution is 7.99. The third-order valence-corrected chi connectivity index (χ3v) is 4.72. The largest absolute Gasteiger partial charge is 0.360 e. The molecule has 0 saturated carbocycles. The Morgan fingerprint density at radius 2 is 2.04 bits per heavy atom. The van der Waals surface area contributed by atoms with Crippen LogP contribution in [0.3, 0.4) is 0 Å². The summed E-state index contributed by atoms with van der Waals surface area (Å²) in [5.41, 5.74) is 2.25. The van der Waals surface area contributed by atoms with Crippen LogP contribution in [0.4, 0.5) is 0 Å². The van der Waals surface area contributed by atoms with Crippen LogP contribution >= 0.6 is 11.8 Å². The molecule has 0 saturated heterocycles. The van der Waals surface area contributed by atoms with Gasteiger partial charge in [0.1, 0.15) is 0 Å². The minimum Gasteiger partial charge on any atom is -0.360 e. The number of hydrogen-bond donors (Lipinski definition) is 1. The van der Waals surface area contributed by atoms with Gasteiger partial charge in [-0.1, -0.05) is 24.3 Å². The Morgan fingerprint density at radius 3 is 2.78 bits per heavy atom. The zero-order valence-electron chi connectivity index (χ0n) is 12.6. The van der Waals surface area contributed by atoms with Gasteiger partial charge in [-0.25, -0.2) is 0 Å². The summed E-state index contributed by atoms with van der Waals surface area (Å²) in [5.74, 6) is 0.561. The molecule has 5 heteroatoms. The van der Waals surface area contributed by atoms with E-state index >= 15 is 0 Å². The van der Waals surface area contributed by atoms with Crippen molar-refractivity contribution in [3.63, 3.8) is 0 Å². The predicted octanol–water partition coefficient (Wildman–Crippen LogP) is 3.86. The molecule has 3 aromatic rings. The second-order valence-electron chi connectivity index (χ2n) is 5.17. The van der Waals surface area contributed by atoms with E-state index in [-0.39, 0.29) is 5.91 Å². The number of amides is 1. The summed E-state index contributed by atoms with van der Waals surface area (Å²) in [6.07, 6.45) is 1.91. The topological polar surface area (TPSA) is 59.9 Å². The Labute approximate surface area is 138 Å². The summed E-state index contributed by atoms with van der Waals surface area (Å²) in [6, 6.07) is 17.0. The first-order chi connectivity index (χ1) is 11.2. The minimum atomic E-state index is 0.00436. The molecule has 0 aliphatic rings. The maximum atomic E-state index is 12.3. The summed E-state index contributed by atoms with van der Waals surface area (Å²) < 4.78 is 0. The smallest absolute Gasteiger partial charge is 0.254 e. The van der Waals surface area contributed by atoms with Crippen LogP contribution in [0.15, 0.2) is 59.6 Å². The second-order valence-corrected chi connectivity index (χ2v) is 6.15. The van der Waals surface area contributed by atoms with Gasteiger partial charge in [0.2, 0.25) is 0 Å². The van der Waals surface area contributed by atoms with Gasteiger partial charge in [-0.3, -0.25) is 4.79 Å². The van der Waals surface area contributed by atoms with E-state index in [2.05, 4.69) is 11.1 Å². The molecule has 1 heterocycles. The molecule has 0 aliphatic carbocycles. The van der Waals surface area contributed by atoms with Crippen LogP contribution in [0.1, 0.15) is 15.9 Å². The van der Waals surface area contributed by atoms with Gasteiger partial charge in [0.25, 0.3) is 5.91 Å². The van der Waals surface area contributed by atoms with Gasteiger partial charge in [-0.2, -0.15) is 5.26 Å². The number of fused-ring (bicyclic) bond motifs is 1. The molecule has 1 amide bonds. The van der Waals surface area contributed by atoms with Crippen molar-refractivity contribution < 1.29 is 4.79 Å². The molecule has 1 aromatic heterocycles. The van der Waals surface area contributed by atoms with E-state index in [1.165, 1.54) is 0 Å². The molecule has 2 aromatic carbocycles. The van der Waals surface area contributed by atoms with Gasteiger partial charge in [0.15, 0.2) is 0 Å². The summed E-state index contributed by atoms with van der Waals surface area (Å²) in [6.45, 7) is 0. The van der Waals surface area contributed by atoms with Crippen molar-refractivity contribution in [2.45, 2.75) is 4.90 Å². The predicted molar refractivity (Wildman–Crippen MR) is 92.3 cm³/mol. The number of carbonyl (C=O) groups is 1. The fourth-order valence-electron chi connectivity index (χ4n) is 2.31. The number of hydrogen-bond acceptors (Lipinski definition) is 3. The molecule has 114 valence electrons. The quantitative estimate of drug-likeness (QED) is 0.586. The maximum absolute atomic E-state index is 12.3. The highest BCUT2D eigenvalue weighted by Gasteiger charge is 2.12. The van der Waals surface area contributed by atoms with Crippen molar-refractivity contribution in [1.29, 1.82) is 5.26 Å². The number of thioether (sulfide) groups is 1. The molecule has 3 rings (SSSR count). The third kappa shape index (κ3) is 3.22. The lowest BCUT2D eigenvalue weighted by Crippen LogP contribution is -2.26. The first-order valence-corrected chi connectivity index (χ1v) is 8.12. The van der Waals surface area contributed by atoms with Crippen molar-refractivity contribution >= 4 is 28.6 Å². The maximum Gasteiger partial charge on any atom is 0.254 e. The number of rotatable bonds is 4. The SMILES string of the molecule is CN(CSc1c[nH]c2cc(C#N)ccc12)C(=O)c1ccccc1. The molecule has 0 spiro atoms. The fraction of sp³-hybridized carbons (Fsp3) is 0.111. The van der Waals surface area contributed by atoms with Crippen LogP contribution in [0.25, 0.3) is 10.9 Å². The molecule has 0 fully saturated rings. The van der Waals surface area contributed by atoms with Gasteiger partial charge >= 0.3 is 0 Å². The van der Waals surface area contributed by atoms with E-state index in [0.29, 0.717) is 17.0 Å². The number of benzene rings is 2. The van der Waals surface area contributed by atoms with Crippen molar-refractivity contribution in [3.05, 3.63) is 65.9 Å². The van der Waals surface area contributed by atoms with Gasteiger partial charge in [0, 0.05) is 34.6 Å². The molecular weight excluding hydrogens is 306 g/mol. The number of nitriles is 1. The fourth-order valence-corrected chi connectivity index (χ4v) is 3.24. The van der Waals surface area contributed by atoms with Crippen molar-refractivity contribution in [1.82, 2.24) is 9.88 Å². The first kappa shape index (κ1) is 15.2. The molecule has 0 bridgehead atoms. The van der Waals surface area contributed by atoms with Crippen LogP contribution in [0, 0.1) is 11.3 Å². The van der Waals surface area contributed by atoms with E-state index in [9.17, 15) is 4.79 Å². The average molecular weight is 321 g/mol. The molecule has 0 atom stereocenters. The lowest BCUT2D eigenvalue weighted by molar-refractivity contribution is 0.0820. The second kappa shape index (κ2) is 6.59. The van der Waals surface area contributed by atoms with E-state index < -0.39 is 0 Å². The van der Waals surface area contributed by atoms with Crippen molar-refractivity contribution in [2.75, 3.05) is 12.9 Å². The highest BCUT2D eigenvalue weighted by atomic mass is 32.2. The molecular formula is C18H15N3OS. The first-order valence-electron chi connectivity index (χ1n) is 7.13. The number of nitrogens with one attached hydrogen (secondary N) is 1. The lowest BCUT2D eigenvalue weighted by atomic mass is 10.2. The van der Waals surface area contributed by atoms with Crippen LogP contribution in [-0.2, 0) is 0 Å². The Balaban J connectivity index is 1.71. The molecule has 0 aliphatic heterocycles. The molecule has 23 heavy (non-hydrogen) atoms.